The Morgan fingerprint density at radius 2 is 1.81 bits per heavy atom. The number of rotatable bonds is 2. The molecule has 2 aliphatic carbocycles. The molecule has 2 amide bonds. The Labute approximate surface area is 121 Å². The van der Waals surface area contributed by atoms with Gasteiger partial charge >= 0.3 is 0 Å². The number of amides is 2. The number of hydrogen-bond donors (Lipinski definition) is 1. The van der Waals surface area contributed by atoms with Crippen LogP contribution in [-0.2, 0) is 9.59 Å². The molecule has 5 nitrogen and oxygen atoms in total. The van der Waals surface area contributed by atoms with Crippen LogP contribution in [0.2, 0.25) is 0 Å². The molecule has 1 heterocycles. The number of hydrogen-bond acceptors (Lipinski definition) is 4. The van der Waals surface area contributed by atoms with Gasteiger partial charge in [-0.25, -0.2) is 0 Å². The zero-order chi connectivity index (χ0) is 14.6. The molecular formula is C16H14N2O3. The van der Waals surface area contributed by atoms with Gasteiger partial charge in [0.05, 0.1) is 18.1 Å². The molecule has 1 aromatic carbocycles. The van der Waals surface area contributed by atoms with E-state index < -0.39 is 0 Å². The Bertz CT molecular complexity index is 665. The molecule has 4 rings (SSSR count). The average molecular weight is 282 g/mol. The van der Waals surface area contributed by atoms with Gasteiger partial charge in [-0.15, -0.1) is 0 Å². The molecule has 1 saturated carbocycles. The first-order valence-electron chi connectivity index (χ1n) is 7.04. The Kier molecular flexibility index (Phi) is 2.51. The van der Waals surface area contributed by atoms with E-state index in [2.05, 4.69) is 17.3 Å². The number of phenols is 1. The smallest absolute Gasteiger partial charge is 0.254 e. The molecule has 106 valence electrons. The molecule has 2 fully saturated rings. The van der Waals surface area contributed by atoms with Gasteiger partial charge in [0, 0.05) is 0 Å². The molecule has 1 saturated heterocycles. The van der Waals surface area contributed by atoms with Crippen molar-refractivity contribution in [3.8, 4) is 5.75 Å². The first kappa shape index (κ1) is 12.3. The van der Waals surface area contributed by atoms with E-state index in [1.54, 1.807) is 18.2 Å². The third-order valence-corrected chi connectivity index (χ3v) is 4.64. The van der Waals surface area contributed by atoms with E-state index in [0.717, 1.165) is 11.4 Å². The van der Waals surface area contributed by atoms with Crippen molar-refractivity contribution in [3.05, 3.63) is 42.0 Å². The van der Waals surface area contributed by atoms with E-state index in [1.165, 1.54) is 12.3 Å². The molecule has 2 bridgehead atoms. The molecular weight excluding hydrogens is 268 g/mol. The summed E-state index contributed by atoms with van der Waals surface area (Å²) in [7, 11) is 0. The molecule has 0 aromatic heterocycles. The van der Waals surface area contributed by atoms with E-state index in [9.17, 15) is 14.7 Å². The summed E-state index contributed by atoms with van der Waals surface area (Å²) in [6, 6.07) is 6.52. The number of allylic oxidation sites excluding steroid dienone is 2. The van der Waals surface area contributed by atoms with Crippen LogP contribution in [0.5, 0.6) is 5.75 Å². The van der Waals surface area contributed by atoms with Crippen LogP contribution in [0.1, 0.15) is 12.0 Å². The van der Waals surface area contributed by atoms with E-state index in [0.29, 0.717) is 5.56 Å². The molecule has 21 heavy (non-hydrogen) atoms. The fourth-order valence-corrected chi connectivity index (χ4v) is 3.73. The second-order valence-electron chi connectivity index (χ2n) is 5.83. The van der Waals surface area contributed by atoms with Crippen molar-refractivity contribution in [2.45, 2.75) is 6.42 Å². The zero-order valence-corrected chi connectivity index (χ0v) is 11.2. The van der Waals surface area contributed by atoms with Gasteiger partial charge in [0.2, 0.25) is 0 Å². The normalized spacial score (nSPS) is 33.4. The van der Waals surface area contributed by atoms with Crippen molar-refractivity contribution in [2.24, 2.45) is 28.8 Å². The summed E-state index contributed by atoms with van der Waals surface area (Å²) in [4.78, 5) is 24.8. The summed E-state index contributed by atoms with van der Waals surface area (Å²) in [6.45, 7) is 0. The van der Waals surface area contributed by atoms with Gasteiger partial charge in [-0.2, -0.15) is 10.1 Å². The summed E-state index contributed by atoms with van der Waals surface area (Å²) < 4.78 is 0. The second kappa shape index (κ2) is 4.28. The molecule has 3 aliphatic rings. The molecule has 1 aromatic rings. The van der Waals surface area contributed by atoms with Crippen LogP contribution in [0.15, 0.2) is 41.5 Å². The molecule has 5 heteroatoms. The average Bonchev–Trinajstić information content (AvgIpc) is 3.12. The van der Waals surface area contributed by atoms with Crippen molar-refractivity contribution in [3.63, 3.8) is 0 Å². The van der Waals surface area contributed by atoms with Crippen LogP contribution in [0.25, 0.3) is 0 Å². The maximum atomic E-state index is 12.4. The number of imide groups is 1. The Hall–Kier alpha value is -2.43. The van der Waals surface area contributed by atoms with Crippen molar-refractivity contribution in [2.75, 3.05) is 0 Å². The van der Waals surface area contributed by atoms with E-state index in [1.807, 2.05) is 0 Å². The van der Waals surface area contributed by atoms with Crippen molar-refractivity contribution in [1.82, 2.24) is 5.01 Å². The number of aromatic hydroxyl groups is 1. The fraction of sp³-hybridized carbons (Fsp3) is 0.312. The SMILES string of the molecule is O=C1[C@@H]2[C@H](C(=O)N1/N=C\c1cccc(O)c1)[C@@H]1C=C[C@@H]2C1. The quantitative estimate of drug-likeness (QED) is 0.508. The number of carbonyl (C=O) groups excluding carboxylic acids is 2. The number of fused-ring (bicyclic) bond motifs is 5. The Balaban J connectivity index is 1.60. The minimum Gasteiger partial charge on any atom is -0.508 e. The number of nitrogens with zero attached hydrogens (tertiary/aromatic N) is 2. The lowest BCUT2D eigenvalue weighted by molar-refractivity contribution is -0.140. The zero-order valence-electron chi connectivity index (χ0n) is 11.2. The van der Waals surface area contributed by atoms with Crippen LogP contribution >= 0.6 is 0 Å². The highest BCUT2D eigenvalue weighted by Crippen LogP contribution is 2.52. The van der Waals surface area contributed by atoms with E-state index in [4.69, 9.17) is 0 Å². The topological polar surface area (TPSA) is 70.0 Å². The van der Waals surface area contributed by atoms with E-state index >= 15 is 0 Å². The third-order valence-electron chi connectivity index (χ3n) is 4.64. The Morgan fingerprint density at radius 3 is 2.43 bits per heavy atom. The Morgan fingerprint density at radius 1 is 1.14 bits per heavy atom. The standard InChI is InChI=1S/C16H14N2O3/c19-12-3-1-2-9(6-12)8-17-18-15(20)13-10-4-5-11(7-10)14(13)16(18)21/h1-6,8,10-11,13-14,19H,7H2/b17-8-/t10-,11-,13-,14+/m1/s1. The minimum atomic E-state index is -0.228. The van der Waals surface area contributed by atoms with Gasteiger partial charge in [0.15, 0.2) is 0 Å². The summed E-state index contributed by atoms with van der Waals surface area (Å²) in [5.74, 6) is -0.342. The summed E-state index contributed by atoms with van der Waals surface area (Å²) in [5.41, 5.74) is 0.647. The van der Waals surface area contributed by atoms with Gasteiger partial charge in [-0.1, -0.05) is 24.3 Å². The highest BCUT2D eigenvalue weighted by molar-refractivity contribution is 6.06. The highest BCUT2D eigenvalue weighted by Gasteiger charge is 2.59. The van der Waals surface area contributed by atoms with Crippen molar-refractivity contribution < 1.29 is 14.7 Å². The van der Waals surface area contributed by atoms with E-state index in [-0.39, 0.29) is 41.2 Å². The summed E-state index contributed by atoms with van der Waals surface area (Å²) >= 11 is 0. The molecule has 0 radical (unpaired) electrons. The van der Waals surface area contributed by atoms with Gasteiger partial charge in [-0.05, 0) is 36.0 Å². The predicted octanol–water partition coefficient (Wildman–Crippen LogP) is 1.53. The van der Waals surface area contributed by atoms with Gasteiger partial charge in [0.25, 0.3) is 11.8 Å². The van der Waals surface area contributed by atoms with Crippen LogP contribution in [0, 0.1) is 23.7 Å². The molecule has 1 aliphatic heterocycles. The highest BCUT2D eigenvalue weighted by atomic mass is 16.3. The third kappa shape index (κ3) is 1.73. The first-order chi connectivity index (χ1) is 10.1. The van der Waals surface area contributed by atoms with Gasteiger partial charge < -0.3 is 5.11 Å². The molecule has 4 atom stereocenters. The number of phenolic OH excluding ortho intramolecular Hbond substituents is 1. The van der Waals surface area contributed by atoms with Crippen LogP contribution in [-0.4, -0.2) is 28.1 Å². The molecule has 0 unspecified atom stereocenters. The maximum Gasteiger partial charge on any atom is 0.254 e. The van der Waals surface area contributed by atoms with Gasteiger partial charge in [0.1, 0.15) is 5.75 Å². The minimum absolute atomic E-state index is 0.122. The number of carbonyl (C=O) groups is 2. The second-order valence-corrected chi connectivity index (χ2v) is 5.83. The number of hydrazone groups is 1. The van der Waals surface area contributed by atoms with Crippen LogP contribution in [0.3, 0.4) is 0 Å². The van der Waals surface area contributed by atoms with Gasteiger partial charge in [-0.3, -0.25) is 9.59 Å². The lowest BCUT2D eigenvalue weighted by atomic mass is 9.85. The monoisotopic (exact) mass is 282 g/mol. The largest absolute Gasteiger partial charge is 0.508 e. The molecule has 1 N–H and O–H groups in total. The van der Waals surface area contributed by atoms with Crippen LogP contribution < -0.4 is 0 Å². The summed E-state index contributed by atoms with van der Waals surface area (Å²) in [5, 5.41) is 14.5. The first-order valence-corrected chi connectivity index (χ1v) is 7.04. The van der Waals surface area contributed by atoms with Crippen LogP contribution in [0.4, 0.5) is 0 Å². The lowest BCUT2D eigenvalue weighted by Gasteiger charge is -2.13. The number of benzene rings is 1. The van der Waals surface area contributed by atoms with Crippen molar-refractivity contribution >= 4 is 18.0 Å². The summed E-state index contributed by atoms with van der Waals surface area (Å²) in [6.07, 6.45) is 6.46. The lowest BCUT2D eigenvalue weighted by Crippen LogP contribution is -2.28. The maximum absolute atomic E-state index is 12.4. The van der Waals surface area contributed by atoms with Crippen molar-refractivity contribution in [1.29, 1.82) is 0 Å². The fourth-order valence-electron chi connectivity index (χ4n) is 3.73. The predicted molar refractivity (Wildman–Crippen MR) is 75.3 cm³/mol. The molecule has 0 spiro atoms.